The van der Waals surface area contributed by atoms with E-state index >= 15 is 0 Å². The Hall–Kier alpha value is -0.763. The second-order valence-electron chi connectivity index (χ2n) is 4.53. The first-order valence-corrected chi connectivity index (χ1v) is 8.64. The molecule has 0 aromatic heterocycles. The largest absolute Gasteiger partial charge is 0.500 e. The lowest BCUT2D eigenvalue weighted by Gasteiger charge is -2.28. The van der Waals surface area contributed by atoms with Gasteiger partial charge in [-0.15, -0.1) is 0 Å². The Balaban J connectivity index is 4.89. The number of carbonyl (C=O) groups excluding carboxylic acids is 2. The third-order valence-corrected chi connectivity index (χ3v) is 6.46. The molecule has 0 fully saturated rings. The maximum atomic E-state index is 11.9. The average molecular weight is 306 g/mol. The normalized spacial score (nSPS) is 14.7. The molecular weight excluding hydrogens is 280 g/mol. The topological polar surface area (TPSA) is 71.1 Å². The van der Waals surface area contributed by atoms with E-state index in [-0.39, 0.29) is 17.8 Å². The smallest absolute Gasteiger partial charge is 0.469 e. The van der Waals surface area contributed by atoms with E-state index in [0.29, 0.717) is 18.9 Å². The summed E-state index contributed by atoms with van der Waals surface area (Å²) in [5.74, 6) is -0.676. The van der Waals surface area contributed by atoms with E-state index in [1.807, 2.05) is 6.92 Å². The second kappa shape index (κ2) is 10.0. The van der Waals surface area contributed by atoms with E-state index in [1.165, 1.54) is 28.4 Å². The van der Waals surface area contributed by atoms with Gasteiger partial charge in [-0.25, -0.2) is 0 Å². The van der Waals surface area contributed by atoms with Gasteiger partial charge in [0.2, 0.25) is 0 Å². The molecule has 0 spiro atoms. The van der Waals surface area contributed by atoms with Crippen LogP contribution in [0.5, 0.6) is 0 Å². The average Bonchev–Trinajstić information content (AvgIpc) is 2.50. The van der Waals surface area contributed by atoms with E-state index < -0.39 is 8.80 Å². The number of hydrogen-bond acceptors (Lipinski definition) is 6. The number of carbonyl (C=O) groups is 2. The van der Waals surface area contributed by atoms with Gasteiger partial charge in [-0.3, -0.25) is 4.79 Å². The maximum absolute atomic E-state index is 11.9. The predicted molar refractivity (Wildman–Crippen MR) is 76.2 cm³/mol. The zero-order valence-electron chi connectivity index (χ0n) is 13.0. The summed E-state index contributed by atoms with van der Waals surface area (Å²) in [6.07, 6.45) is 2.44. The first-order valence-electron chi connectivity index (χ1n) is 6.70. The zero-order valence-corrected chi connectivity index (χ0v) is 14.0. The third kappa shape index (κ3) is 5.32. The summed E-state index contributed by atoms with van der Waals surface area (Å²) < 4.78 is 20.9. The van der Waals surface area contributed by atoms with Gasteiger partial charge < -0.3 is 22.8 Å². The molecule has 0 bridgehead atoms. The Morgan fingerprint density at radius 3 is 2.05 bits per heavy atom. The number of aldehydes is 1. The molecule has 0 aromatic carbocycles. The SMILES string of the molecule is CCC(CC=O)C(CC[Si](OC)(OC)OC)C(=O)OC. The van der Waals surface area contributed by atoms with Crippen LogP contribution in [0.15, 0.2) is 0 Å². The van der Waals surface area contributed by atoms with Crippen molar-refractivity contribution in [3.63, 3.8) is 0 Å². The molecule has 0 N–H and O–H groups in total. The van der Waals surface area contributed by atoms with Crippen molar-refractivity contribution in [1.82, 2.24) is 0 Å². The molecule has 2 unspecified atom stereocenters. The summed E-state index contributed by atoms with van der Waals surface area (Å²) in [5, 5.41) is 0. The Labute approximate surface area is 122 Å². The lowest BCUT2D eigenvalue weighted by molar-refractivity contribution is -0.147. The fourth-order valence-electron chi connectivity index (χ4n) is 2.32. The summed E-state index contributed by atoms with van der Waals surface area (Å²) >= 11 is 0. The Morgan fingerprint density at radius 1 is 1.15 bits per heavy atom. The van der Waals surface area contributed by atoms with Crippen molar-refractivity contribution in [2.24, 2.45) is 11.8 Å². The van der Waals surface area contributed by atoms with Crippen LogP contribution in [-0.2, 0) is 27.6 Å². The van der Waals surface area contributed by atoms with Crippen LogP contribution in [0.4, 0.5) is 0 Å². The van der Waals surface area contributed by atoms with Crippen LogP contribution in [0, 0.1) is 11.8 Å². The van der Waals surface area contributed by atoms with Gasteiger partial charge in [0.1, 0.15) is 6.29 Å². The Morgan fingerprint density at radius 2 is 1.70 bits per heavy atom. The molecule has 0 aliphatic rings. The Kier molecular flexibility index (Phi) is 9.65. The first kappa shape index (κ1) is 19.2. The number of esters is 1. The van der Waals surface area contributed by atoms with Crippen molar-refractivity contribution in [3.05, 3.63) is 0 Å². The second-order valence-corrected chi connectivity index (χ2v) is 7.63. The highest BCUT2D eigenvalue weighted by Crippen LogP contribution is 2.28. The van der Waals surface area contributed by atoms with E-state index in [4.69, 9.17) is 18.0 Å². The van der Waals surface area contributed by atoms with Crippen molar-refractivity contribution in [2.45, 2.75) is 32.2 Å². The predicted octanol–water partition coefficient (Wildman–Crippen LogP) is 1.66. The minimum Gasteiger partial charge on any atom is -0.469 e. The van der Waals surface area contributed by atoms with Crippen molar-refractivity contribution < 1.29 is 27.6 Å². The molecular formula is C13H26O6Si. The van der Waals surface area contributed by atoms with E-state index in [9.17, 15) is 9.59 Å². The third-order valence-electron chi connectivity index (χ3n) is 3.69. The summed E-state index contributed by atoms with van der Waals surface area (Å²) in [4.78, 5) is 22.7. The summed E-state index contributed by atoms with van der Waals surface area (Å²) in [6.45, 7) is 1.96. The number of hydrogen-bond donors (Lipinski definition) is 0. The molecule has 0 amide bonds. The van der Waals surface area contributed by atoms with Crippen molar-refractivity contribution in [1.29, 1.82) is 0 Å². The van der Waals surface area contributed by atoms with Crippen LogP contribution in [0.1, 0.15) is 26.2 Å². The number of ether oxygens (including phenoxy) is 1. The Bertz CT molecular complexity index is 284. The number of methoxy groups -OCH3 is 1. The number of rotatable bonds is 11. The quantitative estimate of drug-likeness (QED) is 0.328. The zero-order chi connectivity index (χ0) is 15.6. The van der Waals surface area contributed by atoms with Gasteiger partial charge >= 0.3 is 14.8 Å². The van der Waals surface area contributed by atoms with Gasteiger partial charge in [0.15, 0.2) is 0 Å². The van der Waals surface area contributed by atoms with Gasteiger partial charge in [-0.05, 0) is 12.3 Å². The van der Waals surface area contributed by atoms with Gasteiger partial charge in [-0.1, -0.05) is 13.3 Å². The summed E-state index contributed by atoms with van der Waals surface area (Å²) in [6, 6.07) is 0.506. The van der Waals surface area contributed by atoms with Crippen molar-refractivity contribution >= 4 is 21.1 Å². The molecule has 0 saturated carbocycles. The molecule has 6 nitrogen and oxygen atoms in total. The van der Waals surface area contributed by atoms with E-state index in [0.717, 1.165) is 12.7 Å². The van der Waals surface area contributed by atoms with Crippen LogP contribution < -0.4 is 0 Å². The van der Waals surface area contributed by atoms with Crippen LogP contribution in [-0.4, -0.2) is 49.5 Å². The molecule has 0 aromatic rings. The van der Waals surface area contributed by atoms with Crippen LogP contribution in [0.2, 0.25) is 6.04 Å². The van der Waals surface area contributed by atoms with E-state index in [2.05, 4.69) is 0 Å². The molecule has 7 heteroatoms. The fourth-order valence-corrected chi connectivity index (χ4v) is 4.10. The molecule has 0 aliphatic carbocycles. The highest BCUT2D eigenvalue weighted by atomic mass is 28.4. The monoisotopic (exact) mass is 306 g/mol. The molecule has 0 saturated heterocycles. The van der Waals surface area contributed by atoms with Crippen LogP contribution in [0.3, 0.4) is 0 Å². The molecule has 2 atom stereocenters. The van der Waals surface area contributed by atoms with E-state index in [1.54, 1.807) is 0 Å². The van der Waals surface area contributed by atoms with Gasteiger partial charge in [0.05, 0.1) is 13.0 Å². The standard InChI is InChI=1S/C13H26O6Si/c1-6-11(7-9-14)12(13(15)16-2)8-10-20(17-3,18-4)19-5/h9,11-12H,6-8,10H2,1-5H3. The molecule has 0 radical (unpaired) electrons. The highest BCUT2D eigenvalue weighted by molar-refractivity contribution is 6.60. The summed E-state index contributed by atoms with van der Waals surface area (Å²) in [7, 11) is 3.25. The van der Waals surface area contributed by atoms with Gasteiger partial charge in [0.25, 0.3) is 0 Å². The minimum absolute atomic E-state index is 0.0304. The lowest BCUT2D eigenvalue weighted by atomic mass is 9.86. The van der Waals surface area contributed by atoms with Gasteiger partial charge in [0, 0.05) is 33.8 Å². The minimum atomic E-state index is -2.72. The van der Waals surface area contributed by atoms with Gasteiger partial charge in [-0.2, -0.15) is 0 Å². The van der Waals surface area contributed by atoms with Crippen molar-refractivity contribution in [3.8, 4) is 0 Å². The fraction of sp³-hybridized carbons (Fsp3) is 0.846. The van der Waals surface area contributed by atoms with Crippen molar-refractivity contribution in [2.75, 3.05) is 28.4 Å². The maximum Gasteiger partial charge on any atom is 0.500 e. The molecule has 20 heavy (non-hydrogen) atoms. The summed E-state index contributed by atoms with van der Waals surface area (Å²) in [5.41, 5.74) is 0. The molecule has 0 rings (SSSR count). The van der Waals surface area contributed by atoms with Crippen LogP contribution in [0.25, 0.3) is 0 Å². The van der Waals surface area contributed by atoms with Crippen LogP contribution >= 0.6 is 0 Å². The molecule has 118 valence electrons. The molecule has 0 aliphatic heterocycles. The first-order chi connectivity index (χ1) is 9.53. The highest BCUT2D eigenvalue weighted by Gasteiger charge is 2.40. The lowest BCUT2D eigenvalue weighted by Crippen LogP contribution is -2.43. The molecule has 0 heterocycles.